The van der Waals surface area contributed by atoms with Gasteiger partial charge in [0.25, 0.3) is 0 Å². The molecule has 0 spiro atoms. The summed E-state index contributed by atoms with van der Waals surface area (Å²) in [4.78, 5) is 2.51. The van der Waals surface area contributed by atoms with Crippen molar-refractivity contribution in [1.82, 2.24) is 0 Å². The van der Waals surface area contributed by atoms with Crippen LogP contribution >= 0.6 is 0 Å². The highest BCUT2D eigenvalue weighted by molar-refractivity contribution is 5.92. The number of fused-ring (bicyclic) bond motifs is 6. The molecule has 0 saturated carbocycles. The third kappa shape index (κ3) is 7.04. The van der Waals surface area contributed by atoms with Crippen LogP contribution < -0.4 is 4.90 Å². The van der Waals surface area contributed by atoms with Crippen molar-refractivity contribution in [2.75, 3.05) is 4.90 Å². The Hall–Kier alpha value is -8.00. The van der Waals surface area contributed by atoms with E-state index >= 15 is 0 Å². The number of hydrogen-bond donors (Lipinski definition) is 0. The van der Waals surface area contributed by atoms with Gasteiger partial charge in [0.15, 0.2) is 0 Å². The van der Waals surface area contributed by atoms with Crippen LogP contribution in [0.5, 0.6) is 0 Å². The van der Waals surface area contributed by atoms with E-state index in [0.717, 1.165) is 17.1 Å². The van der Waals surface area contributed by atoms with Crippen molar-refractivity contribution in [2.24, 2.45) is 0 Å². The molecule has 1 heteroatoms. The van der Waals surface area contributed by atoms with Crippen molar-refractivity contribution >= 4 is 17.1 Å². The molecule has 0 heterocycles. The first-order chi connectivity index (χ1) is 34.5. The number of rotatable bonds is 8. The lowest BCUT2D eigenvalue weighted by Gasteiger charge is -2.36. The molecular weight excluding hydrogens is 855 g/mol. The fourth-order valence-corrected chi connectivity index (χ4v) is 12.1. The van der Waals surface area contributed by atoms with Crippen LogP contribution in [-0.2, 0) is 21.7 Å². The standard InChI is InChI=1S/C70H59N/c1-67(2,3)50-33-37-54(38-34-50)69(52-24-12-8-13-25-52)63-31-18-16-29-59(63)61-43-41-57(46-65(61)69)71(56-28-20-23-49(45-56)48-21-10-7-11-22-48)58-42-44-62-60-30-17-19-32-64(60)70(66(62)47-58,53-26-14-9-15-27-53)55-39-35-51(36-40-55)68(4,5)6/h7-47H,1-6H3. The van der Waals surface area contributed by atoms with Gasteiger partial charge in [0, 0.05) is 17.1 Å². The average molecular weight is 914 g/mol. The summed E-state index contributed by atoms with van der Waals surface area (Å²) >= 11 is 0. The lowest BCUT2D eigenvalue weighted by atomic mass is 9.67. The Morgan fingerprint density at radius 3 is 1.06 bits per heavy atom. The predicted octanol–water partition coefficient (Wildman–Crippen LogP) is 18.1. The first kappa shape index (κ1) is 44.2. The lowest BCUT2D eigenvalue weighted by Crippen LogP contribution is -2.29. The molecule has 0 saturated heterocycles. The van der Waals surface area contributed by atoms with E-state index in [1.807, 2.05) is 0 Å². The van der Waals surface area contributed by atoms with Crippen LogP contribution in [0.25, 0.3) is 33.4 Å². The molecule has 2 unspecified atom stereocenters. The first-order valence-electron chi connectivity index (χ1n) is 25.2. The zero-order valence-electron chi connectivity index (χ0n) is 41.6. The molecule has 2 aliphatic carbocycles. The largest absolute Gasteiger partial charge is 0.310 e. The summed E-state index contributed by atoms with van der Waals surface area (Å²) in [6.07, 6.45) is 0. The summed E-state index contributed by atoms with van der Waals surface area (Å²) in [7, 11) is 0. The minimum absolute atomic E-state index is 0.0249. The summed E-state index contributed by atoms with van der Waals surface area (Å²) in [5.41, 5.74) is 22.5. The summed E-state index contributed by atoms with van der Waals surface area (Å²) in [6.45, 7) is 13.8. The van der Waals surface area contributed by atoms with Gasteiger partial charge in [-0.3, -0.25) is 0 Å². The number of hydrogen-bond acceptors (Lipinski definition) is 1. The molecule has 10 aromatic rings. The van der Waals surface area contributed by atoms with Gasteiger partial charge in [0.2, 0.25) is 0 Å². The lowest BCUT2D eigenvalue weighted by molar-refractivity contribution is 0.589. The quantitative estimate of drug-likeness (QED) is 0.147. The molecule has 0 radical (unpaired) electrons. The van der Waals surface area contributed by atoms with Crippen LogP contribution in [0.1, 0.15) is 97.2 Å². The second-order valence-corrected chi connectivity index (χ2v) is 21.7. The van der Waals surface area contributed by atoms with Crippen molar-refractivity contribution in [3.05, 3.63) is 304 Å². The van der Waals surface area contributed by atoms with Gasteiger partial charge in [-0.2, -0.15) is 0 Å². The molecule has 0 N–H and O–H groups in total. The summed E-state index contributed by atoms with van der Waals surface area (Å²) in [5, 5.41) is 0. The van der Waals surface area contributed by atoms with Gasteiger partial charge in [0.05, 0.1) is 10.8 Å². The highest BCUT2D eigenvalue weighted by Crippen LogP contribution is 2.60. The van der Waals surface area contributed by atoms with Crippen LogP contribution in [0.2, 0.25) is 0 Å². The minimum Gasteiger partial charge on any atom is -0.310 e. The number of benzene rings is 10. The van der Waals surface area contributed by atoms with Gasteiger partial charge >= 0.3 is 0 Å². The van der Waals surface area contributed by atoms with E-state index in [2.05, 4.69) is 295 Å². The Bertz CT molecular complexity index is 3380. The maximum Gasteiger partial charge on any atom is 0.0714 e. The highest BCUT2D eigenvalue weighted by atomic mass is 15.1. The summed E-state index contributed by atoms with van der Waals surface area (Å²) in [5.74, 6) is 0. The third-order valence-corrected chi connectivity index (χ3v) is 15.6. The van der Waals surface area contributed by atoms with Crippen molar-refractivity contribution in [3.63, 3.8) is 0 Å². The molecule has 0 amide bonds. The Balaban J connectivity index is 1.13. The summed E-state index contributed by atoms with van der Waals surface area (Å²) in [6, 6.07) is 93.9. The molecular formula is C70H59N. The van der Waals surface area contributed by atoms with Gasteiger partial charge < -0.3 is 4.90 Å². The molecule has 2 aliphatic rings. The van der Waals surface area contributed by atoms with E-state index in [0.29, 0.717) is 0 Å². The average Bonchev–Trinajstić information content (AvgIpc) is 3.87. The molecule has 344 valence electrons. The van der Waals surface area contributed by atoms with E-state index in [9.17, 15) is 0 Å². The monoisotopic (exact) mass is 913 g/mol. The van der Waals surface area contributed by atoms with E-state index < -0.39 is 10.8 Å². The SMILES string of the molecule is CC(C)(C)c1ccc(C2(c3ccccc3)c3ccccc3-c3ccc(N(c4cccc(-c5ccccc5)c4)c4ccc5c(c4)C(c4ccccc4)(c4ccc(C(C)(C)C)cc4)c4ccccc4-5)cc32)cc1. The van der Waals surface area contributed by atoms with Gasteiger partial charge in [-0.1, -0.05) is 254 Å². The zero-order chi connectivity index (χ0) is 48.5. The minimum atomic E-state index is -0.571. The molecule has 0 aliphatic heterocycles. The molecule has 10 aromatic carbocycles. The van der Waals surface area contributed by atoms with Crippen LogP contribution in [0.15, 0.2) is 249 Å². The second kappa shape index (κ2) is 16.9. The zero-order valence-corrected chi connectivity index (χ0v) is 41.6. The van der Waals surface area contributed by atoms with E-state index in [-0.39, 0.29) is 10.8 Å². The summed E-state index contributed by atoms with van der Waals surface area (Å²) < 4.78 is 0. The normalized spacial score (nSPS) is 16.7. The van der Waals surface area contributed by atoms with Crippen LogP contribution in [0, 0.1) is 0 Å². The van der Waals surface area contributed by atoms with Gasteiger partial charge in [-0.25, -0.2) is 0 Å². The number of anilines is 3. The second-order valence-electron chi connectivity index (χ2n) is 21.7. The topological polar surface area (TPSA) is 3.24 Å². The van der Waals surface area contributed by atoms with E-state index in [1.54, 1.807) is 0 Å². The molecule has 0 aromatic heterocycles. The van der Waals surface area contributed by atoms with Gasteiger partial charge in [-0.15, -0.1) is 0 Å². The third-order valence-electron chi connectivity index (χ3n) is 15.6. The molecule has 0 bridgehead atoms. The van der Waals surface area contributed by atoms with E-state index in [1.165, 1.54) is 89.0 Å². The Kier molecular flexibility index (Phi) is 10.5. The Morgan fingerprint density at radius 1 is 0.268 bits per heavy atom. The van der Waals surface area contributed by atoms with Crippen LogP contribution in [-0.4, -0.2) is 0 Å². The van der Waals surface area contributed by atoms with E-state index in [4.69, 9.17) is 0 Å². The van der Waals surface area contributed by atoms with Crippen molar-refractivity contribution in [2.45, 2.75) is 63.2 Å². The van der Waals surface area contributed by atoms with Crippen LogP contribution in [0.4, 0.5) is 17.1 Å². The van der Waals surface area contributed by atoms with Gasteiger partial charge in [-0.05, 0) is 136 Å². The smallest absolute Gasteiger partial charge is 0.0714 e. The highest BCUT2D eigenvalue weighted by Gasteiger charge is 2.48. The molecule has 1 nitrogen and oxygen atoms in total. The first-order valence-corrected chi connectivity index (χ1v) is 25.2. The Labute approximate surface area is 420 Å². The maximum absolute atomic E-state index is 2.51. The van der Waals surface area contributed by atoms with Gasteiger partial charge in [0.1, 0.15) is 0 Å². The Morgan fingerprint density at radius 2 is 0.620 bits per heavy atom. The number of nitrogens with zero attached hydrogens (tertiary/aromatic N) is 1. The molecule has 2 atom stereocenters. The van der Waals surface area contributed by atoms with Crippen LogP contribution in [0.3, 0.4) is 0 Å². The predicted molar refractivity (Wildman–Crippen MR) is 299 cm³/mol. The fraction of sp³-hybridized carbons (Fsp3) is 0.143. The molecule has 12 rings (SSSR count). The molecule has 71 heavy (non-hydrogen) atoms. The van der Waals surface area contributed by atoms with Crippen molar-refractivity contribution in [1.29, 1.82) is 0 Å². The fourth-order valence-electron chi connectivity index (χ4n) is 12.1. The molecule has 0 fully saturated rings. The maximum atomic E-state index is 2.51. The van der Waals surface area contributed by atoms with Crippen molar-refractivity contribution in [3.8, 4) is 33.4 Å². The van der Waals surface area contributed by atoms with Crippen molar-refractivity contribution < 1.29 is 0 Å².